The summed E-state index contributed by atoms with van der Waals surface area (Å²) >= 11 is 0. The van der Waals surface area contributed by atoms with Gasteiger partial charge in [-0.05, 0) is 6.08 Å². The van der Waals surface area contributed by atoms with E-state index in [1.54, 1.807) is 0 Å². The van der Waals surface area contributed by atoms with Crippen molar-refractivity contribution in [2.45, 2.75) is 6.18 Å². The summed E-state index contributed by atoms with van der Waals surface area (Å²) in [4.78, 5) is 0. The Balaban J connectivity index is 0. The molecule has 0 aliphatic carbocycles. The zero-order valence-corrected chi connectivity index (χ0v) is 8.62. The quantitative estimate of drug-likeness (QED) is 0.397. The first kappa shape index (κ1) is 14.5. The van der Waals surface area contributed by atoms with E-state index >= 15 is 0 Å². The Kier molecular flexibility index (Phi) is 6.48. The van der Waals surface area contributed by atoms with Gasteiger partial charge in [-0.3, -0.25) is 0 Å². The average molecular weight is 202 g/mol. The monoisotopic (exact) mass is 202 g/mol. The molecular formula is C3H2BF6K. The van der Waals surface area contributed by atoms with Crippen LogP contribution in [0.3, 0.4) is 0 Å². The van der Waals surface area contributed by atoms with Crippen molar-refractivity contribution >= 4 is 6.98 Å². The molecule has 0 atom stereocenters. The van der Waals surface area contributed by atoms with Crippen LogP contribution in [0.25, 0.3) is 0 Å². The molecule has 0 heterocycles. The maximum Gasteiger partial charge on any atom is 1.00 e. The third-order valence-corrected chi connectivity index (χ3v) is 0.503. The van der Waals surface area contributed by atoms with Crippen LogP contribution in [0, 0.1) is 0 Å². The Morgan fingerprint density at radius 1 is 1.00 bits per heavy atom. The molecule has 60 valence electrons. The van der Waals surface area contributed by atoms with Crippen molar-refractivity contribution < 1.29 is 77.5 Å². The second-order valence-corrected chi connectivity index (χ2v) is 1.53. The van der Waals surface area contributed by atoms with E-state index in [0.29, 0.717) is 0 Å². The van der Waals surface area contributed by atoms with Gasteiger partial charge < -0.3 is 12.9 Å². The second kappa shape index (κ2) is 4.91. The molecule has 0 unspecified atom stereocenters. The molecule has 0 nitrogen and oxygen atoms in total. The van der Waals surface area contributed by atoms with Crippen molar-refractivity contribution in [1.29, 1.82) is 0 Å². The van der Waals surface area contributed by atoms with E-state index in [1.165, 1.54) is 0 Å². The number of hydrogen-bond acceptors (Lipinski definition) is 0. The molecule has 11 heavy (non-hydrogen) atoms. The standard InChI is InChI=1S/C3H2BF6.K/c5-3(6,7)1-2-4(8,9)10;/h1-2H;/q-1;+1/b2-1-;. The fourth-order valence-corrected chi connectivity index (χ4v) is 0.218. The molecule has 0 rings (SSSR count). The zero-order chi connectivity index (χ0) is 8.41. The van der Waals surface area contributed by atoms with Crippen LogP contribution in [0.2, 0.25) is 0 Å². The topological polar surface area (TPSA) is 0 Å². The minimum absolute atomic E-state index is 0. The number of allylic oxidation sites excluding steroid dienone is 1. The van der Waals surface area contributed by atoms with Crippen molar-refractivity contribution in [3.8, 4) is 0 Å². The van der Waals surface area contributed by atoms with Gasteiger partial charge in [-0.1, -0.05) is 0 Å². The van der Waals surface area contributed by atoms with E-state index in [1.807, 2.05) is 0 Å². The minimum atomic E-state index is -5.47. The molecule has 0 radical (unpaired) electrons. The SMILES string of the molecule is F[B-](F)(F)/C=C\C(F)(F)F.[K+]. The van der Waals surface area contributed by atoms with Crippen LogP contribution in [0.5, 0.6) is 0 Å². The van der Waals surface area contributed by atoms with E-state index < -0.39 is 25.2 Å². The van der Waals surface area contributed by atoms with Gasteiger partial charge in [0.15, 0.2) is 0 Å². The van der Waals surface area contributed by atoms with Gasteiger partial charge in [0, 0.05) is 0 Å². The third kappa shape index (κ3) is 13.9. The van der Waals surface area contributed by atoms with Gasteiger partial charge >= 0.3 is 64.5 Å². The van der Waals surface area contributed by atoms with Crippen LogP contribution in [-0.4, -0.2) is 13.2 Å². The summed E-state index contributed by atoms with van der Waals surface area (Å²) in [5.74, 6) is -0.792. The van der Waals surface area contributed by atoms with Crippen molar-refractivity contribution in [3.63, 3.8) is 0 Å². The molecule has 0 saturated heterocycles. The van der Waals surface area contributed by atoms with E-state index in [0.717, 1.165) is 0 Å². The molecule has 0 aliphatic heterocycles. The van der Waals surface area contributed by atoms with Crippen molar-refractivity contribution in [2.75, 3.05) is 0 Å². The maximum absolute atomic E-state index is 11.1. The first-order valence-electron chi connectivity index (χ1n) is 2.18. The fraction of sp³-hybridized carbons (Fsp3) is 0.333. The predicted molar refractivity (Wildman–Crippen MR) is 24.3 cm³/mol. The molecule has 0 saturated carbocycles. The van der Waals surface area contributed by atoms with Gasteiger partial charge in [-0.15, -0.1) is 5.98 Å². The number of rotatable bonds is 1. The Morgan fingerprint density at radius 2 is 1.36 bits per heavy atom. The molecule has 0 aliphatic rings. The Labute approximate surface area is 102 Å². The van der Waals surface area contributed by atoms with E-state index in [-0.39, 0.29) is 51.4 Å². The molecule has 0 spiro atoms. The van der Waals surface area contributed by atoms with Crippen molar-refractivity contribution in [1.82, 2.24) is 0 Å². The van der Waals surface area contributed by atoms with Gasteiger partial charge in [0.25, 0.3) is 0 Å². The van der Waals surface area contributed by atoms with Gasteiger partial charge in [-0.25, -0.2) is 0 Å². The molecule has 0 aromatic heterocycles. The summed E-state index contributed by atoms with van der Waals surface area (Å²) in [7, 11) is 0. The number of hydrogen-bond donors (Lipinski definition) is 0. The van der Waals surface area contributed by atoms with Crippen LogP contribution in [0.4, 0.5) is 26.1 Å². The predicted octanol–water partition coefficient (Wildman–Crippen LogP) is -0.505. The number of alkyl halides is 3. The molecular weight excluding hydrogens is 200 g/mol. The van der Waals surface area contributed by atoms with Crippen molar-refractivity contribution in [3.05, 3.63) is 12.1 Å². The molecule has 0 aromatic rings. The van der Waals surface area contributed by atoms with Crippen molar-refractivity contribution in [2.24, 2.45) is 0 Å². The molecule has 0 N–H and O–H groups in total. The van der Waals surface area contributed by atoms with Crippen LogP contribution in [0.1, 0.15) is 0 Å². The molecule has 8 heteroatoms. The van der Waals surface area contributed by atoms with Crippen LogP contribution >= 0.6 is 0 Å². The Hall–Kier alpha value is 1.02. The van der Waals surface area contributed by atoms with E-state index in [2.05, 4.69) is 0 Å². The Bertz CT molecular complexity index is 118. The zero-order valence-electron chi connectivity index (χ0n) is 5.50. The largest absolute Gasteiger partial charge is 1.00 e. The molecule has 0 amide bonds. The first-order chi connectivity index (χ1) is 4.21. The summed E-state index contributed by atoms with van der Waals surface area (Å²) in [5.41, 5.74) is 0. The van der Waals surface area contributed by atoms with Gasteiger partial charge in [0.1, 0.15) is 0 Å². The second-order valence-electron chi connectivity index (χ2n) is 1.53. The van der Waals surface area contributed by atoms with Crippen LogP contribution in [0.15, 0.2) is 12.1 Å². The Morgan fingerprint density at radius 3 is 1.45 bits per heavy atom. The fourth-order valence-electron chi connectivity index (χ4n) is 0.218. The van der Waals surface area contributed by atoms with Crippen LogP contribution < -0.4 is 51.4 Å². The maximum atomic E-state index is 11.1. The smallest absolute Gasteiger partial charge is 0.445 e. The third-order valence-electron chi connectivity index (χ3n) is 0.503. The van der Waals surface area contributed by atoms with E-state index in [9.17, 15) is 26.1 Å². The summed E-state index contributed by atoms with van der Waals surface area (Å²) in [6, 6.07) is 0. The number of halogens is 6. The molecule has 0 bridgehead atoms. The van der Waals surface area contributed by atoms with Crippen LogP contribution in [-0.2, 0) is 0 Å². The van der Waals surface area contributed by atoms with Gasteiger partial charge in [0.05, 0.1) is 0 Å². The summed E-state index contributed by atoms with van der Waals surface area (Å²) in [6.45, 7) is -5.47. The molecule has 0 aromatic carbocycles. The summed E-state index contributed by atoms with van der Waals surface area (Å²) < 4.78 is 66.2. The normalized spacial score (nSPS) is 13.3. The van der Waals surface area contributed by atoms with E-state index in [4.69, 9.17) is 0 Å². The minimum Gasteiger partial charge on any atom is -0.445 e. The molecule has 0 fully saturated rings. The summed E-state index contributed by atoms with van der Waals surface area (Å²) in [6.07, 6.45) is -5.70. The van der Waals surface area contributed by atoms with Gasteiger partial charge in [0.2, 0.25) is 0 Å². The average Bonchev–Trinajstić information content (AvgIpc) is 1.57. The summed E-state index contributed by atoms with van der Waals surface area (Å²) in [5, 5.41) is 0. The van der Waals surface area contributed by atoms with Gasteiger partial charge in [-0.2, -0.15) is 13.2 Å². The first-order valence-corrected chi connectivity index (χ1v) is 2.18.